The minimum atomic E-state index is -4.35. The van der Waals surface area contributed by atoms with Crippen molar-refractivity contribution in [1.82, 2.24) is 0 Å². The molecule has 4 heteroatoms. The number of furan rings is 1. The lowest BCUT2D eigenvalue weighted by Crippen LogP contribution is -2.04. The summed E-state index contributed by atoms with van der Waals surface area (Å²) in [5, 5.41) is 0.467. The van der Waals surface area contributed by atoms with Crippen molar-refractivity contribution in [3.63, 3.8) is 0 Å². The Bertz CT molecular complexity index is 428. The van der Waals surface area contributed by atoms with E-state index < -0.39 is 11.7 Å². The Morgan fingerprint density at radius 1 is 1.08 bits per heavy atom. The fraction of sp³-hybridized carbons (Fsp3) is 0.111. The molecule has 0 saturated carbocycles. The highest BCUT2D eigenvalue weighted by Gasteiger charge is 2.33. The van der Waals surface area contributed by atoms with Crippen LogP contribution in [0.4, 0.5) is 13.2 Å². The van der Waals surface area contributed by atoms with E-state index in [1.54, 1.807) is 6.07 Å². The van der Waals surface area contributed by atoms with Gasteiger partial charge < -0.3 is 4.42 Å². The quantitative estimate of drug-likeness (QED) is 0.614. The van der Waals surface area contributed by atoms with Gasteiger partial charge in [-0.2, -0.15) is 13.2 Å². The topological polar surface area (TPSA) is 13.1 Å². The summed E-state index contributed by atoms with van der Waals surface area (Å²) in [6.07, 6.45) is -3.10. The van der Waals surface area contributed by atoms with Crippen LogP contribution >= 0.6 is 0 Å². The largest absolute Gasteiger partial charge is 0.464 e. The maximum absolute atomic E-state index is 12.3. The lowest BCUT2D eigenvalue weighted by molar-refractivity contribution is -0.136. The maximum Gasteiger partial charge on any atom is 0.420 e. The van der Waals surface area contributed by atoms with Crippen LogP contribution in [-0.2, 0) is 6.18 Å². The van der Waals surface area contributed by atoms with Crippen LogP contribution in [0.2, 0.25) is 0 Å². The molecule has 0 atom stereocenters. The second-order valence-corrected chi connectivity index (χ2v) is 2.64. The van der Waals surface area contributed by atoms with E-state index in [-0.39, 0.29) is 5.58 Å². The van der Waals surface area contributed by atoms with Crippen molar-refractivity contribution in [3.05, 3.63) is 36.1 Å². The first kappa shape index (κ1) is 8.16. The van der Waals surface area contributed by atoms with E-state index in [9.17, 15) is 13.2 Å². The summed E-state index contributed by atoms with van der Waals surface area (Å²) < 4.78 is 41.8. The molecule has 1 nitrogen and oxygen atoms in total. The van der Waals surface area contributed by atoms with Crippen LogP contribution in [0.5, 0.6) is 0 Å². The van der Waals surface area contributed by atoms with Gasteiger partial charge in [0.05, 0.1) is 11.8 Å². The molecule has 0 aliphatic rings. The first-order chi connectivity index (χ1) is 6.09. The number of alkyl halides is 3. The molecule has 0 aliphatic heterocycles. The molecule has 0 fully saturated rings. The van der Waals surface area contributed by atoms with Crippen LogP contribution < -0.4 is 0 Å². The maximum atomic E-state index is 12.3. The molecule has 0 aliphatic carbocycles. The Morgan fingerprint density at radius 2 is 1.85 bits per heavy atom. The molecule has 68 valence electrons. The fourth-order valence-electron chi connectivity index (χ4n) is 1.22. The van der Waals surface area contributed by atoms with Gasteiger partial charge in [-0.1, -0.05) is 12.1 Å². The average Bonchev–Trinajstić information content (AvgIpc) is 2.48. The fourth-order valence-corrected chi connectivity index (χ4v) is 1.22. The second kappa shape index (κ2) is 2.52. The van der Waals surface area contributed by atoms with E-state index in [0.717, 1.165) is 6.07 Å². The lowest BCUT2D eigenvalue weighted by atomic mass is 10.1. The van der Waals surface area contributed by atoms with Gasteiger partial charge in [0, 0.05) is 5.39 Å². The third-order valence-corrected chi connectivity index (χ3v) is 1.78. The SMILES string of the molecule is FC(F)(F)c1cccc2ccoc12. The molecule has 13 heavy (non-hydrogen) atoms. The van der Waals surface area contributed by atoms with Gasteiger partial charge >= 0.3 is 6.18 Å². The highest BCUT2D eigenvalue weighted by Crippen LogP contribution is 2.34. The Balaban J connectivity index is 2.75. The van der Waals surface area contributed by atoms with Gasteiger partial charge in [-0.3, -0.25) is 0 Å². The van der Waals surface area contributed by atoms with Crippen molar-refractivity contribution in [2.45, 2.75) is 6.18 Å². The predicted molar refractivity (Wildman–Crippen MR) is 41.2 cm³/mol. The molecule has 1 aromatic heterocycles. The number of benzene rings is 1. The van der Waals surface area contributed by atoms with Gasteiger partial charge in [-0.15, -0.1) is 0 Å². The van der Waals surface area contributed by atoms with Crippen molar-refractivity contribution in [2.24, 2.45) is 0 Å². The molecule has 0 unspecified atom stereocenters. The Morgan fingerprint density at radius 3 is 2.54 bits per heavy atom. The zero-order valence-electron chi connectivity index (χ0n) is 6.43. The molecule has 2 rings (SSSR count). The van der Waals surface area contributed by atoms with Gasteiger partial charge in [0.25, 0.3) is 0 Å². The predicted octanol–water partition coefficient (Wildman–Crippen LogP) is 3.45. The van der Waals surface area contributed by atoms with Crippen LogP contribution in [0.3, 0.4) is 0 Å². The summed E-state index contributed by atoms with van der Waals surface area (Å²) in [6.45, 7) is 0. The van der Waals surface area contributed by atoms with Crippen molar-refractivity contribution in [3.8, 4) is 0 Å². The number of fused-ring (bicyclic) bond motifs is 1. The van der Waals surface area contributed by atoms with E-state index in [1.807, 2.05) is 0 Å². The number of hydrogen-bond acceptors (Lipinski definition) is 1. The molecule has 0 spiro atoms. The Labute approximate surface area is 71.8 Å². The Hall–Kier alpha value is -1.45. The molecular weight excluding hydrogens is 181 g/mol. The van der Waals surface area contributed by atoms with Gasteiger partial charge in [-0.25, -0.2) is 0 Å². The molecular formula is C9H5F3O. The van der Waals surface area contributed by atoms with Gasteiger partial charge in [0.1, 0.15) is 5.58 Å². The zero-order valence-corrected chi connectivity index (χ0v) is 6.43. The van der Waals surface area contributed by atoms with Crippen LogP contribution in [0.15, 0.2) is 34.9 Å². The summed E-state index contributed by atoms with van der Waals surface area (Å²) in [6, 6.07) is 5.45. The van der Waals surface area contributed by atoms with E-state index >= 15 is 0 Å². The third kappa shape index (κ3) is 1.28. The minimum absolute atomic E-state index is 0.102. The lowest BCUT2D eigenvalue weighted by Gasteiger charge is -2.05. The molecule has 2 aromatic rings. The van der Waals surface area contributed by atoms with Gasteiger partial charge in [0.2, 0.25) is 0 Å². The molecule has 0 N–H and O–H groups in total. The molecule has 1 heterocycles. The van der Waals surface area contributed by atoms with Crippen LogP contribution in [0.1, 0.15) is 5.56 Å². The normalized spacial score (nSPS) is 12.2. The smallest absolute Gasteiger partial charge is 0.420 e. The van der Waals surface area contributed by atoms with E-state index in [1.165, 1.54) is 18.4 Å². The summed E-state index contributed by atoms with van der Waals surface area (Å²) in [5.41, 5.74) is -0.829. The van der Waals surface area contributed by atoms with Crippen molar-refractivity contribution >= 4 is 11.0 Å². The molecule has 0 bridgehead atoms. The van der Waals surface area contributed by atoms with Crippen LogP contribution in [0.25, 0.3) is 11.0 Å². The molecule has 0 amide bonds. The number of hydrogen-bond donors (Lipinski definition) is 0. The molecule has 1 aromatic carbocycles. The zero-order chi connectivity index (χ0) is 9.47. The summed E-state index contributed by atoms with van der Waals surface area (Å²) >= 11 is 0. The van der Waals surface area contributed by atoms with Crippen molar-refractivity contribution in [2.75, 3.05) is 0 Å². The molecule has 0 radical (unpaired) electrons. The number of para-hydroxylation sites is 1. The standard InChI is InChI=1S/C9H5F3O/c10-9(11,12)7-3-1-2-6-4-5-13-8(6)7/h1-5H. The minimum Gasteiger partial charge on any atom is -0.464 e. The van der Waals surface area contributed by atoms with Gasteiger partial charge in [-0.05, 0) is 12.1 Å². The summed E-state index contributed by atoms with van der Waals surface area (Å²) in [5.74, 6) is 0. The van der Waals surface area contributed by atoms with Crippen LogP contribution in [-0.4, -0.2) is 0 Å². The second-order valence-electron chi connectivity index (χ2n) is 2.64. The van der Waals surface area contributed by atoms with Crippen LogP contribution in [0, 0.1) is 0 Å². The highest BCUT2D eigenvalue weighted by molar-refractivity contribution is 5.80. The summed E-state index contributed by atoms with van der Waals surface area (Å²) in [7, 11) is 0. The monoisotopic (exact) mass is 186 g/mol. The summed E-state index contributed by atoms with van der Waals surface area (Å²) in [4.78, 5) is 0. The van der Waals surface area contributed by atoms with Crippen molar-refractivity contribution in [1.29, 1.82) is 0 Å². The third-order valence-electron chi connectivity index (χ3n) is 1.78. The Kier molecular flexibility index (Phi) is 1.58. The van der Waals surface area contributed by atoms with E-state index in [4.69, 9.17) is 4.42 Å². The first-order valence-corrected chi connectivity index (χ1v) is 3.62. The highest BCUT2D eigenvalue weighted by atomic mass is 19.4. The van der Waals surface area contributed by atoms with E-state index in [2.05, 4.69) is 0 Å². The van der Waals surface area contributed by atoms with Crippen molar-refractivity contribution < 1.29 is 17.6 Å². The first-order valence-electron chi connectivity index (χ1n) is 3.62. The number of halogens is 3. The number of rotatable bonds is 0. The van der Waals surface area contributed by atoms with E-state index in [0.29, 0.717) is 5.39 Å². The van der Waals surface area contributed by atoms with Gasteiger partial charge in [0.15, 0.2) is 0 Å². The average molecular weight is 186 g/mol. The molecule has 0 saturated heterocycles.